The van der Waals surface area contributed by atoms with E-state index in [1.165, 1.54) is 25.2 Å². The minimum absolute atomic E-state index is 0.0319. The molecule has 6 nitrogen and oxygen atoms in total. The van der Waals surface area contributed by atoms with Crippen LogP contribution in [-0.4, -0.2) is 39.1 Å². The summed E-state index contributed by atoms with van der Waals surface area (Å²) in [5.74, 6) is -0.550. The van der Waals surface area contributed by atoms with E-state index in [-0.39, 0.29) is 22.1 Å². The van der Waals surface area contributed by atoms with Crippen molar-refractivity contribution in [2.24, 2.45) is 0 Å². The lowest BCUT2D eigenvalue weighted by Crippen LogP contribution is -2.35. The third-order valence-corrected chi connectivity index (χ3v) is 5.72. The number of sulfonamides is 1. The summed E-state index contributed by atoms with van der Waals surface area (Å²) in [4.78, 5) is 12.2. The fraction of sp³-hybridized carbons (Fsp3) is 0.235. The number of para-hydroxylation sites is 1. The van der Waals surface area contributed by atoms with Crippen LogP contribution in [0, 0.1) is 0 Å². The molecule has 1 atom stereocenters. The molecule has 8 heteroatoms. The molecule has 0 aliphatic heterocycles. The summed E-state index contributed by atoms with van der Waals surface area (Å²) < 4.78 is 26.7. The largest absolute Gasteiger partial charge is 0.394 e. The van der Waals surface area contributed by atoms with Gasteiger partial charge >= 0.3 is 0 Å². The molecule has 0 fully saturated rings. The fourth-order valence-corrected chi connectivity index (χ4v) is 3.55. The molecule has 0 saturated carbocycles. The fourth-order valence-electron chi connectivity index (χ4n) is 2.12. The highest BCUT2D eigenvalue weighted by Gasteiger charge is 2.24. The van der Waals surface area contributed by atoms with Gasteiger partial charge in [0.2, 0.25) is 0 Å². The summed E-state index contributed by atoms with van der Waals surface area (Å²) in [6.45, 7) is 1.38. The molecule has 0 saturated heterocycles. The van der Waals surface area contributed by atoms with E-state index in [2.05, 4.69) is 5.32 Å². The zero-order valence-electron chi connectivity index (χ0n) is 13.8. The first-order valence-corrected chi connectivity index (χ1v) is 9.34. The first-order valence-electron chi connectivity index (χ1n) is 7.52. The zero-order chi connectivity index (χ0) is 18.6. The molecular formula is C17H19ClN2O4S. The number of nitrogens with one attached hydrogen (secondary N) is 1. The molecule has 0 radical (unpaired) electrons. The molecule has 25 heavy (non-hydrogen) atoms. The van der Waals surface area contributed by atoms with Crippen LogP contribution in [-0.2, 0) is 10.0 Å². The lowest BCUT2D eigenvalue weighted by atomic mass is 10.2. The highest BCUT2D eigenvalue weighted by Crippen LogP contribution is 2.25. The van der Waals surface area contributed by atoms with Crippen molar-refractivity contribution >= 4 is 33.2 Å². The molecule has 0 unspecified atom stereocenters. The molecule has 0 aromatic heterocycles. The molecule has 2 N–H and O–H groups in total. The van der Waals surface area contributed by atoms with E-state index in [0.29, 0.717) is 5.69 Å². The Balaban J connectivity index is 2.39. The summed E-state index contributed by atoms with van der Waals surface area (Å²) in [5, 5.41) is 11.7. The van der Waals surface area contributed by atoms with E-state index in [4.69, 9.17) is 16.7 Å². The highest BCUT2D eigenvalue weighted by atomic mass is 35.5. The number of hydrogen-bond acceptors (Lipinski definition) is 4. The van der Waals surface area contributed by atoms with Crippen LogP contribution < -0.4 is 9.62 Å². The van der Waals surface area contributed by atoms with Gasteiger partial charge < -0.3 is 10.4 Å². The number of carbonyl (C=O) groups is 1. The number of carbonyl (C=O) groups excluding carboxylic acids is 1. The number of halogens is 1. The van der Waals surface area contributed by atoms with Crippen LogP contribution in [0.1, 0.15) is 17.3 Å². The Labute approximate surface area is 152 Å². The monoisotopic (exact) mass is 382 g/mol. The molecule has 0 heterocycles. The molecule has 2 aromatic carbocycles. The average molecular weight is 383 g/mol. The molecule has 2 rings (SSSR count). The van der Waals surface area contributed by atoms with E-state index in [9.17, 15) is 13.2 Å². The third-order valence-electron chi connectivity index (χ3n) is 3.61. The SMILES string of the molecule is C[C@@H](CO)NC(=O)c1cc(S(=O)(=O)N(C)c2ccccc2)ccc1Cl. The van der Waals surface area contributed by atoms with Crippen LogP contribution in [0.3, 0.4) is 0 Å². The van der Waals surface area contributed by atoms with Crippen LogP contribution in [0.5, 0.6) is 0 Å². The van der Waals surface area contributed by atoms with Crippen LogP contribution in [0.2, 0.25) is 5.02 Å². The molecule has 0 aliphatic carbocycles. The Kier molecular flexibility index (Phi) is 6.05. The van der Waals surface area contributed by atoms with Crippen molar-refractivity contribution in [3.05, 3.63) is 59.1 Å². The molecule has 0 spiro atoms. The lowest BCUT2D eigenvalue weighted by molar-refractivity contribution is 0.0922. The normalized spacial score (nSPS) is 12.5. The Morgan fingerprint density at radius 2 is 1.88 bits per heavy atom. The van der Waals surface area contributed by atoms with Gasteiger partial charge in [0.15, 0.2) is 0 Å². The minimum atomic E-state index is -3.85. The van der Waals surface area contributed by atoms with Gasteiger partial charge in [-0.05, 0) is 37.3 Å². The molecule has 0 bridgehead atoms. The Hall–Kier alpha value is -2.09. The first-order chi connectivity index (χ1) is 11.8. The number of rotatable bonds is 6. The van der Waals surface area contributed by atoms with Crippen molar-refractivity contribution in [2.45, 2.75) is 17.9 Å². The van der Waals surface area contributed by atoms with Gasteiger partial charge in [0.25, 0.3) is 15.9 Å². The number of amides is 1. The highest BCUT2D eigenvalue weighted by molar-refractivity contribution is 7.92. The van der Waals surface area contributed by atoms with Gasteiger partial charge in [0.1, 0.15) is 0 Å². The second-order valence-electron chi connectivity index (χ2n) is 5.51. The van der Waals surface area contributed by atoms with Gasteiger partial charge in [-0.1, -0.05) is 29.8 Å². The van der Waals surface area contributed by atoms with Crippen molar-refractivity contribution in [1.82, 2.24) is 5.32 Å². The van der Waals surface area contributed by atoms with Crippen LogP contribution in [0.4, 0.5) is 5.69 Å². The smallest absolute Gasteiger partial charge is 0.264 e. The van der Waals surface area contributed by atoms with Crippen molar-refractivity contribution in [3.8, 4) is 0 Å². The van der Waals surface area contributed by atoms with Crippen molar-refractivity contribution in [3.63, 3.8) is 0 Å². The summed E-state index contributed by atoms with van der Waals surface area (Å²) >= 11 is 6.03. The predicted molar refractivity (Wildman–Crippen MR) is 97.5 cm³/mol. The van der Waals surface area contributed by atoms with E-state index in [1.54, 1.807) is 37.3 Å². The maximum Gasteiger partial charge on any atom is 0.264 e. The number of aliphatic hydroxyl groups is 1. The maximum atomic E-state index is 12.8. The van der Waals surface area contributed by atoms with E-state index in [0.717, 1.165) is 4.31 Å². The predicted octanol–water partition coefficient (Wildman–Crippen LogP) is 2.28. The molecule has 1 amide bonds. The Morgan fingerprint density at radius 3 is 2.48 bits per heavy atom. The molecule has 134 valence electrons. The number of nitrogens with zero attached hydrogens (tertiary/aromatic N) is 1. The van der Waals surface area contributed by atoms with Crippen LogP contribution in [0.15, 0.2) is 53.4 Å². The van der Waals surface area contributed by atoms with E-state index < -0.39 is 22.0 Å². The molecule has 2 aromatic rings. The van der Waals surface area contributed by atoms with Gasteiger partial charge in [-0.15, -0.1) is 0 Å². The average Bonchev–Trinajstić information content (AvgIpc) is 2.61. The Bertz CT molecular complexity index is 856. The zero-order valence-corrected chi connectivity index (χ0v) is 15.4. The summed E-state index contributed by atoms with van der Waals surface area (Å²) in [7, 11) is -2.42. The van der Waals surface area contributed by atoms with Gasteiger partial charge in [-0.25, -0.2) is 8.42 Å². The lowest BCUT2D eigenvalue weighted by Gasteiger charge is -2.20. The number of anilines is 1. The van der Waals surface area contributed by atoms with Gasteiger partial charge in [-0.3, -0.25) is 9.10 Å². The quantitative estimate of drug-likeness (QED) is 0.802. The van der Waals surface area contributed by atoms with Crippen molar-refractivity contribution in [1.29, 1.82) is 0 Å². The van der Waals surface area contributed by atoms with Gasteiger partial charge in [0, 0.05) is 13.1 Å². The molecular weight excluding hydrogens is 364 g/mol. The summed E-state index contributed by atoms with van der Waals surface area (Å²) in [6, 6.07) is 12.1. The van der Waals surface area contributed by atoms with Crippen LogP contribution >= 0.6 is 11.6 Å². The topological polar surface area (TPSA) is 86.7 Å². The third kappa shape index (κ3) is 4.31. The second-order valence-corrected chi connectivity index (χ2v) is 7.88. The maximum absolute atomic E-state index is 12.8. The van der Waals surface area contributed by atoms with Gasteiger partial charge in [-0.2, -0.15) is 0 Å². The minimum Gasteiger partial charge on any atom is -0.394 e. The number of hydrogen-bond donors (Lipinski definition) is 2. The summed E-state index contributed by atoms with van der Waals surface area (Å²) in [5.41, 5.74) is 0.529. The molecule has 0 aliphatic rings. The number of benzene rings is 2. The summed E-state index contributed by atoms with van der Waals surface area (Å²) in [6.07, 6.45) is 0. The van der Waals surface area contributed by atoms with E-state index >= 15 is 0 Å². The first kappa shape index (κ1) is 19.2. The Morgan fingerprint density at radius 1 is 1.24 bits per heavy atom. The second kappa shape index (κ2) is 7.86. The number of aliphatic hydroxyl groups excluding tert-OH is 1. The van der Waals surface area contributed by atoms with E-state index in [1.807, 2.05) is 0 Å². The van der Waals surface area contributed by atoms with Gasteiger partial charge in [0.05, 0.1) is 27.8 Å². The van der Waals surface area contributed by atoms with Crippen LogP contribution in [0.25, 0.3) is 0 Å². The van der Waals surface area contributed by atoms with Crippen molar-refractivity contribution < 1.29 is 18.3 Å². The standard InChI is InChI=1S/C17H19ClN2O4S/c1-12(11-21)19-17(22)15-10-14(8-9-16(15)18)25(23,24)20(2)13-6-4-3-5-7-13/h3-10,12,21H,11H2,1-2H3,(H,19,22)/t12-/m0/s1. The van der Waals surface area contributed by atoms with Crippen molar-refractivity contribution in [2.75, 3.05) is 18.0 Å².